The Hall–Kier alpha value is -1.38. The highest BCUT2D eigenvalue weighted by Gasteiger charge is 2.42. The molecule has 0 radical (unpaired) electrons. The minimum atomic E-state index is -3.37. The second kappa shape index (κ2) is 6.02. The van der Waals surface area contributed by atoms with Crippen molar-refractivity contribution in [2.24, 2.45) is 5.92 Å². The van der Waals surface area contributed by atoms with E-state index in [-0.39, 0.29) is 30.2 Å². The number of sulfonamides is 1. The highest BCUT2D eigenvalue weighted by Crippen LogP contribution is 2.29. The Balaban J connectivity index is 1.80. The molecule has 122 valence electrons. The molecule has 0 saturated carbocycles. The molecule has 0 unspecified atom stereocenters. The van der Waals surface area contributed by atoms with Crippen LogP contribution in [0.15, 0.2) is 22.8 Å². The number of carbonyl (C=O) groups is 1. The second-order valence-corrected chi connectivity index (χ2v) is 7.70. The summed E-state index contributed by atoms with van der Waals surface area (Å²) in [6.45, 7) is 1.48. The molecule has 3 heterocycles. The number of piperidine rings is 1. The first-order valence-corrected chi connectivity index (χ1v) is 9.25. The third-order valence-electron chi connectivity index (χ3n) is 4.15. The molecular weight excluding hydrogens is 308 g/mol. The number of nitrogens with zero attached hydrogens (tertiary/aromatic N) is 1. The van der Waals surface area contributed by atoms with Crippen molar-refractivity contribution in [3.05, 3.63) is 24.2 Å². The monoisotopic (exact) mass is 328 g/mol. The number of fused-ring (bicyclic) bond motifs is 1. The van der Waals surface area contributed by atoms with Gasteiger partial charge in [-0.1, -0.05) is 0 Å². The summed E-state index contributed by atoms with van der Waals surface area (Å²) in [5.74, 6) is 0.197. The Labute approximate surface area is 129 Å². The van der Waals surface area contributed by atoms with Gasteiger partial charge in [-0.05, 0) is 25.0 Å². The van der Waals surface area contributed by atoms with Gasteiger partial charge >= 0.3 is 0 Å². The van der Waals surface area contributed by atoms with Crippen LogP contribution < -0.4 is 4.72 Å². The van der Waals surface area contributed by atoms with E-state index in [1.165, 1.54) is 6.26 Å². The fourth-order valence-corrected chi connectivity index (χ4v) is 4.06. The highest BCUT2D eigenvalue weighted by molar-refractivity contribution is 7.88. The summed E-state index contributed by atoms with van der Waals surface area (Å²) in [5, 5.41) is 0. The van der Waals surface area contributed by atoms with Crippen LogP contribution >= 0.6 is 0 Å². The predicted molar refractivity (Wildman–Crippen MR) is 78.8 cm³/mol. The normalized spacial score (nSPS) is 29.1. The van der Waals surface area contributed by atoms with E-state index in [9.17, 15) is 13.2 Å². The topological polar surface area (TPSA) is 88.9 Å². The summed E-state index contributed by atoms with van der Waals surface area (Å²) in [5.41, 5.74) is 0. The Morgan fingerprint density at radius 1 is 1.41 bits per heavy atom. The zero-order valence-corrected chi connectivity index (χ0v) is 13.2. The third kappa shape index (κ3) is 3.34. The van der Waals surface area contributed by atoms with Crippen molar-refractivity contribution in [1.82, 2.24) is 9.62 Å². The average Bonchev–Trinajstić information content (AvgIpc) is 2.99. The van der Waals surface area contributed by atoms with Gasteiger partial charge in [0.1, 0.15) is 0 Å². The number of furan rings is 1. The van der Waals surface area contributed by atoms with Crippen LogP contribution in [-0.4, -0.2) is 57.3 Å². The quantitative estimate of drug-likeness (QED) is 0.870. The molecule has 0 aliphatic carbocycles. The SMILES string of the molecule is CS(=O)(=O)N[C@@H]1CN(C(=O)c2ccco2)C[C@@H]2CCCO[C@@H]21. The molecule has 0 spiro atoms. The molecule has 0 bridgehead atoms. The Bertz CT molecular complexity index is 628. The maximum absolute atomic E-state index is 12.5. The van der Waals surface area contributed by atoms with Gasteiger partial charge in [-0.25, -0.2) is 13.1 Å². The summed E-state index contributed by atoms with van der Waals surface area (Å²) in [6, 6.07) is 2.86. The highest BCUT2D eigenvalue weighted by atomic mass is 32.2. The average molecular weight is 328 g/mol. The van der Waals surface area contributed by atoms with Gasteiger partial charge in [-0.2, -0.15) is 0 Å². The lowest BCUT2D eigenvalue weighted by atomic mass is 9.85. The number of likely N-dealkylation sites (tertiary alicyclic amines) is 1. The van der Waals surface area contributed by atoms with Crippen molar-refractivity contribution in [2.45, 2.75) is 25.0 Å². The van der Waals surface area contributed by atoms with E-state index in [0.717, 1.165) is 19.1 Å². The smallest absolute Gasteiger partial charge is 0.289 e. The number of carbonyl (C=O) groups excluding carboxylic acids is 1. The van der Waals surface area contributed by atoms with Gasteiger partial charge in [0.15, 0.2) is 5.76 Å². The predicted octanol–water partition coefficient (Wildman–Crippen LogP) is 0.448. The van der Waals surface area contributed by atoms with Gasteiger partial charge in [0.2, 0.25) is 10.0 Å². The van der Waals surface area contributed by atoms with Crippen LogP contribution in [0.4, 0.5) is 0 Å². The molecule has 22 heavy (non-hydrogen) atoms. The van der Waals surface area contributed by atoms with Gasteiger partial charge in [-0.15, -0.1) is 0 Å². The summed E-state index contributed by atoms with van der Waals surface area (Å²) < 4.78 is 36.7. The van der Waals surface area contributed by atoms with Crippen molar-refractivity contribution in [3.8, 4) is 0 Å². The molecule has 3 atom stereocenters. The largest absolute Gasteiger partial charge is 0.459 e. The number of hydrogen-bond acceptors (Lipinski definition) is 5. The molecule has 2 fully saturated rings. The Kier molecular flexibility index (Phi) is 4.24. The van der Waals surface area contributed by atoms with Crippen LogP contribution in [0.2, 0.25) is 0 Å². The van der Waals surface area contributed by atoms with Crippen LogP contribution in [0.25, 0.3) is 0 Å². The molecule has 1 N–H and O–H groups in total. The van der Waals surface area contributed by atoms with Crippen LogP contribution in [0.5, 0.6) is 0 Å². The molecule has 1 amide bonds. The van der Waals surface area contributed by atoms with E-state index in [1.807, 2.05) is 0 Å². The van der Waals surface area contributed by atoms with E-state index in [1.54, 1.807) is 17.0 Å². The number of amides is 1. The lowest BCUT2D eigenvalue weighted by Crippen LogP contribution is -2.61. The zero-order chi connectivity index (χ0) is 15.7. The Morgan fingerprint density at radius 2 is 2.23 bits per heavy atom. The Morgan fingerprint density at radius 3 is 2.91 bits per heavy atom. The molecule has 2 aliphatic rings. The lowest BCUT2D eigenvalue weighted by molar-refractivity contribution is -0.0752. The van der Waals surface area contributed by atoms with Crippen molar-refractivity contribution < 1.29 is 22.4 Å². The molecule has 3 rings (SSSR count). The van der Waals surface area contributed by atoms with Crippen molar-refractivity contribution in [1.29, 1.82) is 0 Å². The third-order valence-corrected chi connectivity index (χ3v) is 4.88. The molecular formula is C14H20N2O5S. The first kappa shape index (κ1) is 15.5. The van der Waals surface area contributed by atoms with Crippen molar-refractivity contribution in [2.75, 3.05) is 26.0 Å². The van der Waals surface area contributed by atoms with Crippen LogP contribution in [0, 0.1) is 5.92 Å². The molecule has 7 nitrogen and oxygen atoms in total. The van der Waals surface area contributed by atoms with Crippen LogP contribution in [0.3, 0.4) is 0 Å². The van der Waals surface area contributed by atoms with Gasteiger partial charge in [0.25, 0.3) is 5.91 Å². The molecule has 0 aromatic carbocycles. The fraction of sp³-hybridized carbons (Fsp3) is 0.643. The van der Waals surface area contributed by atoms with E-state index in [2.05, 4.69) is 4.72 Å². The summed E-state index contributed by atoms with van der Waals surface area (Å²) in [4.78, 5) is 14.1. The summed E-state index contributed by atoms with van der Waals surface area (Å²) >= 11 is 0. The molecule has 8 heteroatoms. The molecule has 1 aromatic rings. The van der Waals surface area contributed by atoms with Crippen LogP contribution in [0.1, 0.15) is 23.4 Å². The van der Waals surface area contributed by atoms with E-state index in [0.29, 0.717) is 13.2 Å². The maximum Gasteiger partial charge on any atom is 0.289 e. The maximum atomic E-state index is 12.5. The van der Waals surface area contributed by atoms with Crippen molar-refractivity contribution >= 4 is 15.9 Å². The van der Waals surface area contributed by atoms with E-state index < -0.39 is 16.1 Å². The van der Waals surface area contributed by atoms with Gasteiger partial charge in [-0.3, -0.25) is 4.79 Å². The summed E-state index contributed by atoms with van der Waals surface area (Å²) in [6.07, 6.45) is 4.25. The van der Waals surface area contributed by atoms with Crippen LogP contribution in [-0.2, 0) is 14.8 Å². The molecule has 2 aliphatic heterocycles. The number of ether oxygens (including phenoxy) is 1. The van der Waals surface area contributed by atoms with Crippen molar-refractivity contribution in [3.63, 3.8) is 0 Å². The van der Waals surface area contributed by atoms with Gasteiger partial charge < -0.3 is 14.1 Å². The zero-order valence-electron chi connectivity index (χ0n) is 12.4. The minimum Gasteiger partial charge on any atom is -0.459 e. The molecule has 2 saturated heterocycles. The first-order valence-electron chi connectivity index (χ1n) is 7.36. The summed E-state index contributed by atoms with van der Waals surface area (Å²) in [7, 11) is -3.37. The second-order valence-electron chi connectivity index (χ2n) is 5.92. The fourth-order valence-electron chi connectivity index (χ4n) is 3.31. The standard InChI is InChI=1S/C14H20N2O5S/c1-22(18,19)15-11-9-16(14(17)12-5-3-6-20-12)8-10-4-2-7-21-13(10)11/h3,5-6,10-11,13,15H,2,4,7-9H2,1H3/t10-,11+,13-/m0/s1. The van der Waals surface area contributed by atoms with E-state index in [4.69, 9.17) is 9.15 Å². The number of rotatable bonds is 3. The van der Waals surface area contributed by atoms with Gasteiger partial charge in [0.05, 0.1) is 24.7 Å². The first-order chi connectivity index (χ1) is 10.4. The number of hydrogen-bond donors (Lipinski definition) is 1. The minimum absolute atomic E-state index is 0.140. The number of nitrogens with one attached hydrogen (secondary N) is 1. The molecule has 1 aromatic heterocycles. The van der Waals surface area contributed by atoms with Gasteiger partial charge in [0, 0.05) is 25.6 Å². The lowest BCUT2D eigenvalue weighted by Gasteiger charge is -2.45. The van der Waals surface area contributed by atoms with E-state index >= 15 is 0 Å².